The van der Waals surface area contributed by atoms with E-state index in [-0.39, 0.29) is 5.75 Å². The average Bonchev–Trinajstić information content (AvgIpc) is 3.34. The van der Waals surface area contributed by atoms with E-state index in [4.69, 9.17) is 21.1 Å². The van der Waals surface area contributed by atoms with Gasteiger partial charge in [-0.15, -0.1) is 11.3 Å². The first-order chi connectivity index (χ1) is 15.4. The second kappa shape index (κ2) is 10.6. The monoisotopic (exact) mass is 471 g/mol. The van der Waals surface area contributed by atoms with Gasteiger partial charge in [0.25, 0.3) is 0 Å². The maximum absolute atomic E-state index is 12.2. The van der Waals surface area contributed by atoms with E-state index >= 15 is 0 Å². The number of hydrogen-bond donors (Lipinski definition) is 2. The van der Waals surface area contributed by atoms with Crippen molar-refractivity contribution in [2.24, 2.45) is 5.10 Å². The Hall–Kier alpha value is -3.69. The summed E-state index contributed by atoms with van der Waals surface area (Å²) in [4.78, 5) is 36.7. The lowest BCUT2D eigenvalue weighted by molar-refractivity contribution is -0.136. The number of nitrogens with one attached hydrogen (secondary N) is 2. The molecule has 2 amide bonds. The molecule has 10 heteroatoms. The van der Waals surface area contributed by atoms with Crippen LogP contribution in [0.5, 0.6) is 11.5 Å². The molecule has 0 atom stereocenters. The van der Waals surface area contributed by atoms with Crippen molar-refractivity contribution in [3.8, 4) is 11.5 Å². The van der Waals surface area contributed by atoms with E-state index in [0.29, 0.717) is 32.6 Å². The van der Waals surface area contributed by atoms with Gasteiger partial charge in [0.15, 0.2) is 11.5 Å². The molecule has 0 saturated heterocycles. The van der Waals surface area contributed by atoms with Gasteiger partial charge in [0.05, 0.1) is 12.8 Å². The molecule has 0 spiro atoms. The number of halogens is 1. The lowest BCUT2D eigenvalue weighted by atomic mass is 10.1. The van der Waals surface area contributed by atoms with Crippen LogP contribution in [0.15, 0.2) is 65.1 Å². The Labute approximate surface area is 192 Å². The summed E-state index contributed by atoms with van der Waals surface area (Å²) in [6.45, 7) is 1.64. The van der Waals surface area contributed by atoms with Crippen LogP contribution in [0.3, 0.4) is 0 Å². The van der Waals surface area contributed by atoms with Crippen LogP contribution in [0.1, 0.15) is 22.2 Å². The van der Waals surface area contributed by atoms with Gasteiger partial charge in [0.2, 0.25) is 0 Å². The molecule has 3 rings (SSSR count). The smallest absolute Gasteiger partial charge is 0.353 e. The van der Waals surface area contributed by atoms with Gasteiger partial charge in [-0.1, -0.05) is 17.7 Å². The maximum Gasteiger partial charge on any atom is 0.353 e. The molecule has 32 heavy (non-hydrogen) atoms. The van der Waals surface area contributed by atoms with Gasteiger partial charge in [0, 0.05) is 16.3 Å². The Kier molecular flexibility index (Phi) is 7.58. The number of esters is 1. The van der Waals surface area contributed by atoms with Crippen LogP contribution in [-0.2, 0) is 9.59 Å². The number of anilines is 1. The molecule has 3 aromatic rings. The molecule has 0 fully saturated rings. The zero-order valence-electron chi connectivity index (χ0n) is 17.0. The quantitative estimate of drug-likeness (QED) is 0.185. The second-order valence-electron chi connectivity index (χ2n) is 6.33. The first kappa shape index (κ1) is 23.0. The predicted molar refractivity (Wildman–Crippen MR) is 123 cm³/mol. The minimum absolute atomic E-state index is 0.244. The van der Waals surface area contributed by atoms with Gasteiger partial charge in [-0.2, -0.15) is 5.10 Å². The van der Waals surface area contributed by atoms with Gasteiger partial charge in [-0.3, -0.25) is 9.59 Å². The van der Waals surface area contributed by atoms with Crippen molar-refractivity contribution in [3.63, 3.8) is 0 Å². The van der Waals surface area contributed by atoms with Crippen LogP contribution >= 0.6 is 22.9 Å². The number of ether oxygens (including phenoxy) is 2. The van der Waals surface area contributed by atoms with Crippen molar-refractivity contribution >= 4 is 52.1 Å². The highest BCUT2D eigenvalue weighted by atomic mass is 35.5. The standard InChI is InChI=1S/C22H18ClN3O5S/c1-13(25-26-21(28)20(27)24-16-8-6-15(23)7-9-16)14-5-10-17(18(12-14)30-2)31-22(29)19-4-3-11-32-19/h3-12H,1-2H3,(H,24,27)(H,26,28)/b25-13+. The average molecular weight is 472 g/mol. The third-order valence-corrected chi connectivity index (χ3v) is 5.24. The first-order valence-corrected chi connectivity index (χ1v) is 10.5. The minimum Gasteiger partial charge on any atom is -0.493 e. The van der Waals surface area contributed by atoms with Gasteiger partial charge in [-0.25, -0.2) is 10.2 Å². The highest BCUT2D eigenvalue weighted by Gasteiger charge is 2.16. The van der Waals surface area contributed by atoms with Gasteiger partial charge < -0.3 is 14.8 Å². The van der Waals surface area contributed by atoms with E-state index in [1.165, 1.54) is 18.4 Å². The highest BCUT2D eigenvalue weighted by molar-refractivity contribution is 7.12. The number of amides is 2. The summed E-state index contributed by atoms with van der Waals surface area (Å²) >= 11 is 7.06. The van der Waals surface area contributed by atoms with E-state index < -0.39 is 17.8 Å². The summed E-state index contributed by atoms with van der Waals surface area (Å²) in [5, 5.41) is 8.68. The zero-order valence-corrected chi connectivity index (χ0v) is 18.6. The number of thiophene rings is 1. The molecule has 0 bridgehead atoms. The Morgan fingerprint density at radius 2 is 1.75 bits per heavy atom. The van der Waals surface area contributed by atoms with Crippen molar-refractivity contribution in [2.75, 3.05) is 12.4 Å². The lowest BCUT2D eigenvalue weighted by Gasteiger charge is -2.11. The fraction of sp³-hybridized carbons (Fsp3) is 0.0909. The number of hydrazone groups is 1. The molecule has 0 aliphatic carbocycles. The molecule has 164 valence electrons. The number of rotatable bonds is 6. The third kappa shape index (κ3) is 5.93. The predicted octanol–water partition coefficient (Wildman–Crippen LogP) is 4.11. The summed E-state index contributed by atoms with van der Waals surface area (Å²) in [5.41, 5.74) is 3.63. The van der Waals surface area contributed by atoms with Crippen LogP contribution in [0.4, 0.5) is 5.69 Å². The molecular formula is C22H18ClN3O5S. The number of methoxy groups -OCH3 is 1. The van der Waals surface area contributed by atoms with Crippen LogP contribution in [0, 0.1) is 0 Å². The summed E-state index contributed by atoms with van der Waals surface area (Å²) in [6.07, 6.45) is 0. The molecular weight excluding hydrogens is 454 g/mol. The van der Waals surface area contributed by atoms with E-state index in [1.807, 2.05) is 0 Å². The third-order valence-electron chi connectivity index (χ3n) is 4.14. The Balaban J connectivity index is 1.64. The molecule has 2 aromatic carbocycles. The lowest BCUT2D eigenvalue weighted by Crippen LogP contribution is -2.32. The summed E-state index contributed by atoms with van der Waals surface area (Å²) in [7, 11) is 1.44. The maximum atomic E-state index is 12.2. The first-order valence-electron chi connectivity index (χ1n) is 9.22. The molecule has 8 nitrogen and oxygen atoms in total. The fourth-order valence-electron chi connectivity index (χ4n) is 2.49. The number of carbonyl (C=O) groups excluding carboxylic acids is 3. The van der Waals surface area contributed by atoms with E-state index in [2.05, 4.69) is 15.8 Å². The Morgan fingerprint density at radius 3 is 2.41 bits per heavy atom. The Bertz CT molecular complexity index is 1160. The van der Waals surface area contributed by atoms with Crippen molar-refractivity contribution in [3.05, 3.63) is 75.4 Å². The minimum atomic E-state index is -0.937. The van der Waals surface area contributed by atoms with Crippen LogP contribution < -0.4 is 20.2 Å². The van der Waals surface area contributed by atoms with Crippen molar-refractivity contribution in [1.82, 2.24) is 5.43 Å². The molecule has 1 heterocycles. The number of nitrogens with zero attached hydrogens (tertiary/aromatic N) is 1. The normalized spacial score (nSPS) is 10.9. The molecule has 0 radical (unpaired) electrons. The molecule has 0 unspecified atom stereocenters. The SMILES string of the molecule is COc1cc(/C(C)=N/NC(=O)C(=O)Nc2ccc(Cl)cc2)ccc1OC(=O)c1cccs1. The molecule has 0 aliphatic heterocycles. The van der Waals surface area contributed by atoms with Gasteiger partial charge in [0.1, 0.15) is 4.88 Å². The van der Waals surface area contributed by atoms with Crippen LogP contribution in [0.25, 0.3) is 0 Å². The summed E-state index contributed by atoms with van der Waals surface area (Å²) < 4.78 is 10.7. The second-order valence-corrected chi connectivity index (χ2v) is 7.72. The zero-order chi connectivity index (χ0) is 23.1. The van der Waals surface area contributed by atoms with Crippen LogP contribution in [-0.4, -0.2) is 30.6 Å². The van der Waals surface area contributed by atoms with Crippen molar-refractivity contribution < 1.29 is 23.9 Å². The van der Waals surface area contributed by atoms with Crippen molar-refractivity contribution in [1.29, 1.82) is 0 Å². The number of carbonyl (C=O) groups is 3. The summed E-state index contributed by atoms with van der Waals surface area (Å²) in [5.74, 6) is -1.75. The highest BCUT2D eigenvalue weighted by Crippen LogP contribution is 2.29. The van der Waals surface area contributed by atoms with Gasteiger partial charge >= 0.3 is 17.8 Å². The molecule has 2 N–H and O–H groups in total. The molecule has 0 saturated carbocycles. The molecule has 0 aliphatic rings. The van der Waals surface area contributed by atoms with Crippen LogP contribution in [0.2, 0.25) is 5.02 Å². The Morgan fingerprint density at radius 1 is 1.00 bits per heavy atom. The molecule has 1 aromatic heterocycles. The topological polar surface area (TPSA) is 106 Å². The van der Waals surface area contributed by atoms with Crippen molar-refractivity contribution in [2.45, 2.75) is 6.92 Å². The van der Waals surface area contributed by atoms with E-state index in [1.54, 1.807) is 66.9 Å². The largest absolute Gasteiger partial charge is 0.493 e. The summed E-state index contributed by atoms with van der Waals surface area (Å²) in [6, 6.07) is 14.6. The fourth-order valence-corrected chi connectivity index (χ4v) is 3.22. The van der Waals surface area contributed by atoms with E-state index in [9.17, 15) is 14.4 Å². The number of benzene rings is 2. The number of hydrogen-bond acceptors (Lipinski definition) is 7. The van der Waals surface area contributed by atoms with E-state index in [0.717, 1.165) is 0 Å². The van der Waals surface area contributed by atoms with Gasteiger partial charge in [-0.05, 0) is 60.8 Å².